The number of hydrogen-bond acceptors (Lipinski definition) is 2. The predicted octanol–water partition coefficient (Wildman–Crippen LogP) is 5.91. The molecule has 1 aliphatic rings. The molecule has 2 N–H and O–H groups in total. The Morgan fingerprint density at radius 2 is 1.30 bits per heavy atom. The monoisotopic (exact) mass is 330 g/mol. The molecule has 0 heterocycles. The summed E-state index contributed by atoms with van der Waals surface area (Å²) < 4.78 is 0. The van der Waals surface area contributed by atoms with Crippen molar-refractivity contribution in [3.63, 3.8) is 0 Å². The van der Waals surface area contributed by atoms with Gasteiger partial charge in [-0.25, -0.2) is 0 Å². The highest BCUT2D eigenvalue weighted by Gasteiger charge is 2.33. The van der Waals surface area contributed by atoms with Crippen molar-refractivity contribution in [1.82, 2.24) is 0 Å². The molecule has 1 rings (SSSR count). The molecule has 0 aromatic rings. The first-order valence-electron chi connectivity index (χ1n) is 9.37. The summed E-state index contributed by atoms with van der Waals surface area (Å²) in [5.41, 5.74) is 1.26. The molecule has 0 amide bonds. The van der Waals surface area contributed by atoms with Crippen LogP contribution in [0, 0.1) is 28.1 Å². The number of hydrogen-bond donors (Lipinski definition) is 2. The number of aliphatic hydroxyl groups is 2. The molecular formula is C21H46O2. The Kier molecular flexibility index (Phi) is 11.7. The lowest BCUT2D eigenvalue weighted by atomic mass is 9.83. The van der Waals surface area contributed by atoms with Crippen LogP contribution in [0.4, 0.5) is 0 Å². The summed E-state index contributed by atoms with van der Waals surface area (Å²) in [5.74, 6) is 1.45. The summed E-state index contributed by atoms with van der Waals surface area (Å²) in [7, 11) is 0. The second-order valence-corrected chi connectivity index (χ2v) is 10.5. The molecule has 2 nitrogen and oxygen atoms in total. The van der Waals surface area contributed by atoms with E-state index in [-0.39, 0.29) is 5.41 Å². The van der Waals surface area contributed by atoms with Gasteiger partial charge in [0.2, 0.25) is 0 Å². The first-order chi connectivity index (χ1) is 10.1. The Morgan fingerprint density at radius 3 is 1.35 bits per heavy atom. The molecule has 1 unspecified atom stereocenters. The third-order valence-corrected chi connectivity index (χ3v) is 4.64. The zero-order valence-electron chi connectivity index (χ0n) is 17.8. The highest BCUT2D eigenvalue weighted by Crippen LogP contribution is 2.44. The zero-order valence-corrected chi connectivity index (χ0v) is 17.8. The fourth-order valence-electron chi connectivity index (χ4n) is 1.83. The standard InChI is InChI=1S/2C7H16O.C7H14/c1-6(5-8)7(2,3)4;1-7(2,3)5-4-6-8;1-7(2,3)6-4-5-6/h6,8H,5H2,1-4H3;8H,4-6H2,1-3H3;6H,4-5H2,1-3H3. The molecule has 1 saturated carbocycles. The van der Waals surface area contributed by atoms with Crippen molar-refractivity contribution >= 4 is 0 Å². The Balaban J connectivity index is 0. The summed E-state index contributed by atoms with van der Waals surface area (Å²) in [6.07, 6.45) is 5.00. The van der Waals surface area contributed by atoms with Crippen LogP contribution in [0.25, 0.3) is 0 Å². The second-order valence-electron chi connectivity index (χ2n) is 10.5. The molecule has 0 bridgehead atoms. The van der Waals surface area contributed by atoms with Crippen molar-refractivity contribution in [2.75, 3.05) is 13.2 Å². The summed E-state index contributed by atoms with van der Waals surface area (Å²) in [4.78, 5) is 0. The fraction of sp³-hybridized carbons (Fsp3) is 1.00. The van der Waals surface area contributed by atoms with Gasteiger partial charge in [0.25, 0.3) is 0 Å². The van der Waals surface area contributed by atoms with E-state index in [1.165, 1.54) is 12.8 Å². The molecule has 2 heteroatoms. The Labute approximate surface area is 147 Å². The lowest BCUT2D eigenvalue weighted by molar-refractivity contribution is 0.146. The predicted molar refractivity (Wildman–Crippen MR) is 104 cm³/mol. The van der Waals surface area contributed by atoms with Crippen molar-refractivity contribution < 1.29 is 10.2 Å². The van der Waals surface area contributed by atoms with Crippen LogP contribution < -0.4 is 0 Å². The normalized spacial score (nSPS) is 16.7. The van der Waals surface area contributed by atoms with E-state index in [2.05, 4.69) is 69.2 Å². The van der Waals surface area contributed by atoms with Gasteiger partial charge >= 0.3 is 0 Å². The summed E-state index contributed by atoms with van der Waals surface area (Å²) >= 11 is 0. The lowest BCUT2D eigenvalue weighted by Crippen LogP contribution is -2.20. The number of rotatable bonds is 3. The van der Waals surface area contributed by atoms with Gasteiger partial charge in [-0.3, -0.25) is 0 Å². The van der Waals surface area contributed by atoms with Crippen LogP contribution in [0.5, 0.6) is 0 Å². The zero-order chi connectivity index (χ0) is 18.9. The molecule has 1 fully saturated rings. The summed E-state index contributed by atoms with van der Waals surface area (Å²) in [5, 5.41) is 17.1. The van der Waals surface area contributed by atoms with E-state index >= 15 is 0 Å². The summed E-state index contributed by atoms with van der Waals surface area (Å²) in [6.45, 7) is 22.6. The maximum absolute atomic E-state index is 8.67. The van der Waals surface area contributed by atoms with Gasteiger partial charge in [-0.15, -0.1) is 0 Å². The van der Waals surface area contributed by atoms with Crippen molar-refractivity contribution in [1.29, 1.82) is 0 Å². The van der Waals surface area contributed by atoms with Gasteiger partial charge in [-0.05, 0) is 53.8 Å². The quantitative estimate of drug-likeness (QED) is 0.675. The minimum Gasteiger partial charge on any atom is -0.396 e. The average Bonchev–Trinajstić information content (AvgIpc) is 3.18. The third kappa shape index (κ3) is 18.1. The molecule has 0 radical (unpaired) electrons. The molecule has 1 atom stereocenters. The topological polar surface area (TPSA) is 40.5 Å². The van der Waals surface area contributed by atoms with Crippen molar-refractivity contribution in [2.24, 2.45) is 28.1 Å². The van der Waals surface area contributed by atoms with Crippen molar-refractivity contribution in [3.05, 3.63) is 0 Å². The van der Waals surface area contributed by atoms with Crippen LogP contribution in [0.3, 0.4) is 0 Å². The van der Waals surface area contributed by atoms with Crippen LogP contribution in [0.1, 0.15) is 94.9 Å². The van der Waals surface area contributed by atoms with Gasteiger partial charge < -0.3 is 10.2 Å². The molecule has 142 valence electrons. The molecule has 23 heavy (non-hydrogen) atoms. The van der Waals surface area contributed by atoms with Crippen molar-refractivity contribution in [2.45, 2.75) is 94.9 Å². The number of aliphatic hydroxyl groups excluding tert-OH is 2. The maximum Gasteiger partial charge on any atom is 0.0461 e. The van der Waals surface area contributed by atoms with Gasteiger partial charge in [0, 0.05) is 13.2 Å². The van der Waals surface area contributed by atoms with Crippen LogP contribution in [-0.2, 0) is 0 Å². The Hall–Kier alpha value is -0.0800. The molecule has 1 aliphatic carbocycles. The molecular weight excluding hydrogens is 284 g/mol. The van der Waals surface area contributed by atoms with E-state index in [9.17, 15) is 0 Å². The van der Waals surface area contributed by atoms with E-state index in [4.69, 9.17) is 10.2 Å². The first kappa shape index (κ1) is 25.2. The minimum atomic E-state index is 0.259. The minimum absolute atomic E-state index is 0.259. The molecule has 0 saturated heterocycles. The van der Waals surface area contributed by atoms with Crippen LogP contribution in [-0.4, -0.2) is 23.4 Å². The second kappa shape index (κ2) is 10.7. The van der Waals surface area contributed by atoms with Crippen LogP contribution in [0.2, 0.25) is 0 Å². The first-order valence-corrected chi connectivity index (χ1v) is 9.37. The van der Waals surface area contributed by atoms with E-state index in [1.54, 1.807) is 0 Å². The maximum atomic E-state index is 8.67. The van der Waals surface area contributed by atoms with E-state index < -0.39 is 0 Å². The highest BCUT2D eigenvalue weighted by atomic mass is 16.3. The fourth-order valence-corrected chi connectivity index (χ4v) is 1.83. The molecule has 0 aromatic carbocycles. The van der Waals surface area contributed by atoms with Crippen LogP contribution >= 0.6 is 0 Å². The van der Waals surface area contributed by atoms with Gasteiger partial charge in [0.1, 0.15) is 0 Å². The third-order valence-electron chi connectivity index (χ3n) is 4.64. The van der Waals surface area contributed by atoms with Crippen molar-refractivity contribution in [3.8, 4) is 0 Å². The SMILES string of the molecule is CC(C)(C)C1CC1.CC(C)(C)CCCO.CC(CO)C(C)(C)C. The van der Waals surface area contributed by atoms with E-state index in [1.807, 2.05) is 0 Å². The molecule has 0 spiro atoms. The van der Waals surface area contributed by atoms with Gasteiger partial charge in [0.05, 0.1) is 0 Å². The molecule has 0 aliphatic heterocycles. The average molecular weight is 331 g/mol. The van der Waals surface area contributed by atoms with Gasteiger partial charge in [-0.1, -0.05) is 69.2 Å². The molecule has 0 aromatic heterocycles. The van der Waals surface area contributed by atoms with Crippen LogP contribution in [0.15, 0.2) is 0 Å². The summed E-state index contributed by atoms with van der Waals surface area (Å²) in [6, 6.07) is 0. The van der Waals surface area contributed by atoms with Gasteiger partial charge in [0.15, 0.2) is 0 Å². The van der Waals surface area contributed by atoms with Gasteiger partial charge in [-0.2, -0.15) is 0 Å². The Morgan fingerprint density at radius 1 is 0.870 bits per heavy atom. The highest BCUT2D eigenvalue weighted by molar-refractivity contribution is 4.84. The lowest BCUT2D eigenvalue weighted by Gasteiger charge is -2.24. The smallest absolute Gasteiger partial charge is 0.0461 e. The largest absolute Gasteiger partial charge is 0.396 e. The van der Waals surface area contributed by atoms with E-state index in [0.717, 1.165) is 18.8 Å². The van der Waals surface area contributed by atoms with E-state index in [0.29, 0.717) is 30.0 Å². The Bertz CT molecular complexity index is 272.